The number of pyridine rings is 1. The van der Waals surface area contributed by atoms with Crippen molar-refractivity contribution in [3.8, 4) is 0 Å². The van der Waals surface area contributed by atoms with Crippen LogP contribution in [0.25, 0.3) is 11.0 Å². The highest BCUT2D eigenvalue weighted by Crippen LogP contribution is 2.25. The highest BCUT2D eigenvalue weighted by Gasteiger charge is 2.26. The van der Waals surface area contributed by atoms with Crippen molar-refractivity contribution in [2.24, 2.45) is 0 Å². The van der Waals surface area contributed by atoms with E-state index in [2.05, 4.69) is 22.1 Å². The summed E-state index contributed by atoms with van der Waals surface area (Å²) in [4.78, 5) is 20.7. The lowest BCUT2D eigenvalue weighted by molar-refractivity contribution is 0.0638. The van der Waals surface area contributed by atoms with Crippen molar-refractivity contribution in [1.29, 1.82) is 0 Å². The van der Waals surface area contributed by atoms with Crippen LogP contribution in [0.4, 0.5) is 0 Å². The maximum absolute atomic E-state index is 12.6. The molecular formula is C20H21ClN4O2. The van der Waals surface area contributed by atoms with Crippen LogP contribution in [0.1, 0.15) is 28.9 Å². The Morgan fingerprint density at radius 1 is 1.26 bits per heavy atom. The van der Waals surface area contributed by atoms with E-state index in [1.54, 1.807) is 30.6 Å². The summed E-state index contributed by atoms with van der Waals surface area (Å²) in [6.45, 7) is 2.19. The third kappa shape index (κ3) is 3.82. The summed E-state index contributed by atoms with van der Waals surface area (Å²) < 4.78 is 5.40. The van der Waals surface area contributed by atoms with Crippen LogP contribution in [0, 0.1) is 0 Å². The van der Waals surface area contributed by atoms with E-state index in [0.717, 1.165) is 42.6 Å². The highest BCUT2D eigenvalue weighted by atomic mass is 35.5. The Kier molecular flexibility index (Phi) is 5.09. The second-order valence-corrected chi connectivity index (χ2v) is 7.38. The van der Waals surface area contributed by atoms with Crippen LogP contribution in [-0.2, 0) is 6.54 Å². The van der Waals surface area contributed by atoms with Gasteiger partial charge in [0.25, 0.3) is 5.91 Å². The molecule has 140 valence electrons. The van der Waals surface area contributed by atoms with Crippen LogP contribution in [0.15, 0.2) is 47.2 Å². The minimum absolute atomic E-state index is 0.0793. The molecule has 6 nitrogen and oxygen atoms in total. The fourth-order valence-electron chi connectivity index (χ4n) is 3.63. The maximum atomic E-state index is 12.6. The van der Waals surface area contributed by atoms with Gasteiger partial charge in [0, 0.05) is 54.0 Å². The van der Waals surface area contributed by atoms with Crippen LogP contribution in [0.2, 0.25) is 5.02 Å². The first-order chi connectivity index (χ1) is 13.1. The molecule has 4 rings (SSSR count). The van der Waals surface area contributed by atoms with Crippen molar-refractivity contribution in [1.82, 2.24) is 19.9 Å². The molecular weight excluding hydrogens is 364 g/mol. The van der Waals surface area contributed by atoms with Gasteiger partial charge in [0.1, 0.15) is 5.69 Å². The van der Waals surface area contributed by atoms with Gasteiger partial charge in [-0.2, -0.15) is 0 Å². The summed E-state index contributed by atoms with van der Waals surface area (Å²) >= 11 is 6.10. The average molecular weight is 385 g/mol. The van der Waals surface area contributed by atoms with Gasteiger partial charge in [-0.1, -0.05) is 16.8 Å². The molecule has 0 spiro atoms. The van der Waals surface area contributed by atoms with Crippen molar-refractivity contribution in [3.63, 3.8) is 0 Å². The third-order valence-electron chi connectivity index (χ3n) is 5.21. The van der Waals surface area contributed by atoms with Crippen LogP contribution in [-0.4, -0.2) is 52.0 Å². The lowest BCUT2D eigenvalue weighted by atomic mass is 10.0. The molecule has 0 radical (unpaired) electrons. The summed E-state index contributed by atoms with van der Waals surface area (Å²) in [5.74, 6) is 0.0793. The van der Waals surface area contributed by atoms with Crippen molar-refractivity contribution in [3.05, 3.63) is 59.0 Å². The Hall–Kier alpha value is -2.44. The minimum atomic E-state index is 0.0793. The van der Waals surface area contributed by atoms with E-state index in [4.69, 9.17) is 16.1 Å². The van der Waals surface area contributed by atoms with Gasteiger partial charge >= 0.3 is 0 Å². The standard InChI is InChI=1S/C20H21ClN4O2/c1-24(13-18-17-12-15(21)2-3-19(17)27-23-18)16-6-10-25(11-7-16)20(26)14-4-8-22-9-5-14/h2-5,8-9,12,16H,6-7,10-11,13H2,1H3. The number of nitrogens with zero attached hydrogens (tertiary/aromatic N) is 4. The van der Waals surface area contributed by atoms with Gasteiger partial charge in [-0.3, -0.25) is 14.7 Å². The number of halogens is 1. The molecule has 0 unspecified atom stereocenters. The molecule has 1 aliphatic rings. The first-order valence-corrected chi connectivity index (χ1v) is 9.43. The normalized spacial score (nSPS) is 15.6. The van der Waals surface area contributed by atoms with E-state index in [-0.39, 0.29) is 5.91 Å². The van der Waals surface area contributed by atoms with Gasteiger partial charge in [0.2, 0.25) is 0 Å². The van der Waals surface area contributed by atoms with Gasteiger partial charge in [-0.15, -0.1) is 0 Å². The van der Waals surface area contributed by atoms with Gasteiger partial charge in [-0.25, -0.2) is 0 Å². The summed E-state index contributed by atoms with van der Waals surface area (Å²) in [5.41, 5.74) is 2.34. The van der Waals surface area contributed by atoms with Crippen molar-refractivity contribution in [2.75, 3.05) is 20.1 Å². The predicted molar refractivity (Wildman–Crippen MR) is 104 cm³/mol. The maximum Gasteiger partial charge on any atom is 0.253 e. The number of likely N-dealkylation sites (tertiary alicyclic amines) is 1. The predicted octanol–water partition coefficient (Wildman–Crippen LogP) is 3.61. The second-order valence-electron chi connectivity index (χ2n) is 6.94. The lowest BCUT2D eigenvalue weighted by Crippen LogP contribution is -2.45. The van der Waals surface area contributed by atoms with Crippen LogP contribution in [0.3, 0.4) is 0 Å². The van der Waals surface area contributed by atoms with Gasteiger partial charge < -0.3 is 9.42 Å². The zero-order valence-corrected chi connectivity index (χ0v) is 15.9. The third-order valence-corrected chi connectivity index (χ3v) is 5.44. The minimum Gasteiger partial charge on any atom is -0.356 e. The summed E-state index contributed by atoms with van der Waals surface area (Å²) in [6, 6.07) is 9.47. The summed E-state index contributed by atoms with van der Waals surface area (Å²) in [7, 11) is 2.09. The van der Waals surface area contributed by atoms with E-state index < -0.39 is 0 Å². The van der Waals surface area contributed by atoms with Gasteiger partial charge in [0.15, 0.2) is 5.58 Å². The lowest BCUT2D eigenvalue weighted by Gasteiger charge is -2.36. The summed E-state index contributed by atoms with van der Waals surface area (Å²) in [5, 5.41) is 5.84. The number of amides is 1. The molecule has 0 N–H and O–H groups in total. The number of rotatable bonds is 4. The molecule has 3 aromatic rings. The van der Waals surface area contributed by atoms with Crippen molar-refractivity contribution < 1.29 is 9.32 Å². The number of carbonyl (C=O) groups is 1. The smallest absolute Gasteiger partial charge is 0.253 e. The molecule has 27 heavy (non-hydrogen) atoms. The van der Waals surface area contributed by atoms with E-state index in [1.807, 2.05) is 17.0 Å². The molecule has 0 bridgehead atoms. The second kappa shape index (κ2) is 7.66. The van der Waals surface area contributed by atoms with E-state index in [0.29, 0.717) is 23.2 Å². The highest BCUT2D eigenvalue weighted by molar-refractivity contribution is 6.31. The number of hydrogen-bond donors (Lipinski definition) is 0. The number of carbonyl (C=O) groups excluding carboxylic acids is 1. The van der Waals surface area contributed by atoms with Crippen LogP contribution in [0.5, 0.6) is 0 Å². The zero-order valence-electron chi connectivity index (χ0n) is 15.1. The molecule has 1 aliphatic heterocycles. The monoisotopic (exact) mass is 384 g/mol. The first-order valence-electron chi connectivity index (χ1n) is 9.05. The van der Waals surface area contributed by atoms with E-state index in [1.165, 1.54) is 0 Å². The Morgan fingerprint density at radius 3 is 2.74 bits per heavy atom. The molecule has 1 saturated heterocycles. The molecule has 0 atom stereocenters. The number of piperidine rings is 1. The molecule has 3 heterocycles. The Bertz CT molecular complexity index is 936. The van der Waals surface area contributed by atoms with Crippen LogP contribution < -0.4 is 0 Å². The molecule has 0 saturated carbocycles. The van der Waals surface area contributed by atoms with Crippen molar-refractivity contribution in [2.45, 2.75) is 25.4 Å². The van der Waals surface area contributed by atoms with Crippen molar-refractivity contribution >= 4 is 28.5 Å². The van der Waals surface area contributed by atoms with Gasteiger partial charge in [0.05, 0.1) is 0 Å². The Morgan fingerprint density at radius 2 is 2.00 bits per heavy atom. The molecule has 1 amide bonds. The zero-order chi connectivity index (χ0) is 18.8. The fourth-order valence-corrected chi connectivity index (χ4v) is 3.80. The Labute approximate surface area is 162 Å². The SMILES string of the molecule is CN(Cc1noc2ccc(Cl)cc12)C1CCN(C(=O)c2ccncc2)CC1. The molecule has 2 aromatic heterocycles. The summed E-state index contributed by atoms with van der Waals surface area (Å²) in [6.07, 6.45) is 5.18. The first kappa shape index (κ1) is 17.9. The molecule has 1 aromatic carbocycles. The quantitative estimate of drug-likeness (QED) is 0.687. The Balaban J connectivity index is 1.38. The topological polar surface area (TPSA) is 62.5 Å². The number of benzene rings is 1. The largest absolute Gasteiger partial charge is 0.356 e. The number of aromatic nitrogens is 2. The van der Waals surface area contributed by atoms with E-state index in [9.17, 15) is 4.79 Å². The number of hydrogen-bond acceptors (Lipinski definition) is 5. The average Bonchev–Trinajstić information content (AvgIpc) is 3.10. The van der Waals surface area contributed by atoms with Crippen LogP contribution >= 0.6 is 11.6 Å². The van der Waals surface area contributed by atoms with E-state index >= 15 is 0 Å². The molecule has 7 heteroatoms. The molecule has 0 aliphatic carbocycles. The molecule has 1 fully saturated rings. The fraction of sp³-hybridized carbons (Fsp3) is 0.350. The number of fused-ring (bicyclic) bond motifs is 1. The van der Waals surface area contributed by atoms with Gasteiger partial charge in [-0.05, 0) is 50.2 Å².